The minimum Gasteiger partial charge on any atom is -0.493 e. The van der Waals surface area contributed by atoms with E-state index in [9.17, 15) is 23.1 Å². The third-order valence-electron chi connectivity index (χ3n) is 5.50. The van der Waals surface area contributed by atoms with Gasteiger partial charge in [-0.05, 0) is 35.8 Å². The van der Waals surface area contributed by atoms with Gasteiger partial charge in [-0.1, -0.05) is 0 Å². The highest BCUT2D eigenvalue weighted by Crippen LogP contribution is 2.36. The summed E-state index contributed by atoms with van der Waals surface area (Å²) in [6.07, 6.45) is 2.03. The molecule has 1 aliphatic carbocycles. The van der Waals surface area contributed by atoms with Crippen molar-refractivity contribution < 1.29 is 46.4 Å². The first-order chi connectivity index (χ1) is 17.4. The molecule has 0 amide bonds. The Bertz CT molecular complexity index is 1480. The van der Waals surface area contributed by atoms with Gasteiger partial charge in [-0.15, -0.1) is 11.3 Å². The molecule has 36 heavy (non-hydrogen) atoms. The number of thiophene rings is 1. The van der Waals surface area contributed by atoms with E-state index in [1.807, 2.05) is 0 Å². The summed E-state index contributed by atoms with van der Waals surface area (Å²) in [5.74, 6) is -3.86. The number of ether oxygens (including phenoxy) is 3. The summed E-state index contributed by atoms with van der Waals surface area (Å²) in [6.45, 7) is -0.0789. The number of hydrogen-bond donors (Lipinski definition) is 2. The second kappa shape index (κ2) is 9.57. The number of H-pyrrole nitrogens is 1. The van der Waals surface area contributed by atoms with E-state index in [1.54, 1.807) is 0 Å². The third-order valence-corrected chi connectivity index (χ3v) is 6.36. The van der Waals surface area contributed by atoms with Crippen molar-refractivity contribution in [3.8, 4) is 22.9 Å². The Hall–Kier alpha value is -4.00. The van der Waals surface area contributed by atoms with Crippen LogP contribution in [0.4, 0.5) is 13.2 Å². The summed E-state index contributed by atoms with van der Waals surface area (Å²) in [7, 11) is 1.28. The fourth-order valence-corrected chi connectivity index (χ4v) is 4.15. The zero-order valence-corrected chi connectivity index (χ0v) is 19.5. The molecule has 1 fully saturated rings. The van der Waals surface area contributed by atoms with Crippen LogP contribution in [0, 0.1) is 23.4 Å². The van der Waals surface area contributed by atoms with E-state index in [2.05, 4.69) is 5.16 Å². The smallest absolute Gasteiger partial charge is 0.340 e. The zero-order chi connectivity index (χ0) is 25.4. The number of aromatic nitrogens is 2. The first-order valence-corrected chi connectivity index (χ1v) is 11.6. The third kappa shape index (κ3) is 4.61. The molecule has 0 atom stereocenters. The van der Waals surface area contributed by atoms with E-state index < -0.39 is 30.0 Å². The fourth-order valence-electron chi connectivity index (χ4n) is 3.36. The number of aromatic carboxylic acids is 1. The Morgan fingerprint density at radius 2 is 1.97 bits per heavy atom. The molecule has 1 aliphatic rings. The number of carbonyl (C=O) groups is 1. The van der Waals surface area contributed by atoms with E-state index in [-0.39, 0.29) is 44.5 Å². The lowest BCUT2D eigenvalue weighted by atomic mass is 10.2. The van der Waals surface area contributed by atoms with Crippen molar-refractivity contribution in [3.05, 3.63) is 58.2 Å². The second-order valence-electron chi connectivity index (χ2n) is 7.99. The van der Waals surface area contributed by atoms with Crippen LogP contribution in [-0.4, -0.2) is 34.9 Å². The van der Waals surface area contributed by atoms with Crippen LogP contribution in [0.25, 0.3) is 16.1 Å². The molecule has 13 heteroatoms. The summed E-state index contributed by atoms with van der Waals surface area (Å²) < 4.78 is 70.6. The average molecular weight is 524 g/mol. The number of hydrogen-bond acceptors (Lipinski definition) is 7. The number of methoxy groups -OCH3 is 1. The second-order valence-corrected chi connectivity index (χ2v) is 8.87. The maximum atomic E-state index is 14.9. The van der Waals surface area contributed by atoms with Gasteiger partial charge < -0.3 is 23.8 Å². The summed E-state index contributed by atoms with van der Waals surface area (Å²) in [6, 6.07) is 4.42. The van der Waals surface area contributed by atoms with Crippen LogP contribution in [-0.2, 0) is 6.61 Å². The highest BCUT2D eigenvalue weighted by Gasteiger charge is 2.24. The molecule has 2 N–H and O–H groups in total. The van der Waals surface area contributed by atoms with Crippen molar-refractivity contribution >= 4 is 27.7 Å². The molecule has 9 nitrogen and oxygen atoms in total. The van der Waals surface area contributed by atoms with E-state index in [0.29, 0.717) is 17.4 Å². The predicted octanol–water partition coefficient (Wildman–Crippen LogP) is 5.82. The molecule has 5 rings (SSSR count). The van der Waals surface area contributed by atoms with Crippen molar-refractivity contribution in [1.29, 1.82) is 0 Å². The lowest BCUT2D eigenvalue weighted by Gasteiger charge is -2.16. The first-order valence-electron chi connectivity index (χ1n) is 10.7. The summed E-state index contributed by atoms with van der Waals surface area (Å²) in [5.41, 5.74) is -0.682. The Morgan fingerprint density at radius 1 is 1.17 bits per heavy atom. The van der Waals surface area contributed by atoms with E-state index in [0.717, 1.165) is 42.4 Å². The van der Waals surface area contributed by atoms with Gasteiger partial charge in [0.25, 0.3) is 0 Å². The molecule has 0 spiro atoms. The van der Waals surface area contributed by atoms with Crippen LogP contribution in [0.3, 0.4) is 0 Å². The van der Waals surface area contributed by atoms with Crippen molar-refractivity contribution in [2.75, 3.05) is 13.7 Å². The number of nitrogens with one attached hydrogen (secondary N) is 1. The Balaban J connectivity index is 1.48. The topological polar surface area (TPSA) is 112 Å². The van der Waals surface area contributed by atoms with Gasteiger partial charge in [0.05, 0.1) is 19.3 Å². The minimum atomic E-state index is -1.24. The molecule has 190 valence electrons. The summed E-state index contributed by atoms with van der Waals surface area (Å²) >= 11 is 1.02. The SMILES string of the molecule is COc1cc(F)c(-n2o[nH]c3scc(C(=O)O)c3o2)cc1OCc1c(OCC2CC2)ccc(F)c1F. The number of halogens is 3. The van der Waals surface area contributed by atoms with Crippen LogP contribution in [0.2, 0.25) is 0 Å². The molecule has 0 unspecified atom stereocenters. The van der Waals surface area contributed by atoms with Gasteiger partial charge in [-0.3, -0.25) is 4.63 Å². The molecule has 0 aliphatic heterocycles. The normalized spacial score (nSPS) is 13.1. The fraction of sp³-hybridized carbons (Fsp3) is 0.261. The lowest BCUT2D eigenvalue weighted by molar-refractivity contribution is 0.0656. The van der Waals surface area contributed by atoms with Crippen molar-refractivity contribution in [2.45, 2.75) is 19.4 Å². The van der Waals surface area contributed by atoms with Crippen LogP contribution < -0.4 is 14.2 Å². The van der Waals surface area contributed by atoms with Gasteiger partial charge >= 0.3 is 5.97 Å². The molecule has 4 aromatic rings. The van der Waals surface area contributed by atoms with Gasteiger partial charge in [0.15, 0.2) is 39.5 Å². The zero-order valence-electron chi connectivity index (χ0n) is 18.7. The average Bonchev–Trinajstić information content (AvgIpc) is 3.60. The molecule has 2 aromatic heterocycles. The van der Waals surface area contributed by atoms with Crippen LogP contribution >= 0.6 is 11.3 Å². The quantitative estimate of drug-likeness (QED) is 0.284. The summed E-state index contributed by atoms with van der Waals surface area (Å²) in [4.78, 5) is 12.3. The Morgan fingerprint density at radius 3 is 2.69 bits per heavy atom. The molecule has 1 saturated carbocycles. The van der Waals surface area contributed by atoms with Crippen LogP contribution in [0.5, 0.6) is 17.2 Å². The molecule has 0 saturated heterocycles. The molecular formula is C23H19F3N2O7S. The number of fused-ring (bicyclic) bond motifs is 1. The minimum absolute atomic E-state index is 0.0408. The standard InChI is InChI=1S/C23H19F3N2O7S/c1-31-18-6-15(25)16(28-34-21-13(23(29)30)10-36-22(21)27-35-28)7-19(18)33-9-12-17(32-8-11-2-3-11)5-4-14(24)20(12)26/h4-7,10-11,27H,2-3,8-9H2,1H3,(H,29,30). The number of rotatable bonds is 9. The lowest BCUT2D eigenvalue weighted by Crippen LogP contribution is -2.08. The first kappa shape index (κ1) is 23.7. The van der Waals surface area contributed by atoms with Crippen molar-refractivity contribution in [2.24, 2.45) is 5.92 Å². The van der Waals surface area contributed by atoms with Gasteiger partial charge in [0, 0.05) is 17.5 Å². The maximum absolute atomic E-state index is 14.9. The summed E-state index contributed by atoms with van der Waals surface area (Å²) in [5, 5.41) is 13.1. The highest BCUT2D eigenvalue weighted by atomic mass is 32.1. The predicted molar refractivity (Wildman–Crippen MR) is 120 cm³/mol. The monoisotopic (exact) mass is 524 g/mol. The van der Waals surface area contributed by atoms with Gasteiger partial charge in [-0.25, -0.2) is 18.0 Å². The highest BCUT2D eigenvalue weighted by molar-refractivity contribution is 7.17. The van der Waals surface area contributed by atoms with E-state index >= 15 is 0 Å². The molecular weight excluding hydrogens is 505 g/mol. The van der Waals surface area contributed by atoms with Crippen molar-refractivity contribution in [3.63, 3.8) is 0 Å². The van der Waals surface area contributed by atoms with Crippen LogP contribution in [0.1, 0.15) is 28.8 Å². The van der Waals surface area contributed by atoms with Gasteiger partial charge in [0.2, 0.25) is 5.58 Å². The van der Waals surface area contributed by atoms with Crippen LogP contribution in [0.15, 0.2) is 38.8 Å². The van der Waals surface area contributed by atoms with Crippen molar-refractivity contribution in [1.82, 2.24) is 10.1 Å². The van der Waals surface area contributed by atoms with Gasteiger partial charge in [-0.2, -0.15) is 5.16 Å². The number of nitrogens with zero attached hydrogens (tertiary/aromatic N) is 1. The number of aromatic amines is 1. The largest absolute Gasteiger partial charge is 0.493 e. The Kier molecular flexibility index (Phi) is 6.31. The van der Waals surface area contributed by atoms with E-state index in [1.165, 1.54) is 18.6 Å². The van der Waals surface area contributed by atoms with E-state index in [4.69, 9.17) is 23.4 Å². The molecule has 2 aromatic carbocycles. The van der Waals surface area contributed by atoms with Gasteiger partial charge in [0.1, 0.15) is 17.9 Å². The number of carboxylic acid groups (broad SMARTS) is 1. The maximum Gasteiger partial charge on any atom is 0.340 e. The molecule has 2 heterocycles. The number of benzene rings is 2. The molecule has 0 radical (unpaired) electrons. The molecule has 0 bridgehead atoms. The Labute approximate surface area is 204 Å². The number of carboxylic acids is 1.